The first-order valence-corrected chi connectivity index (χ1v) is 7.07. The van der Waals surface area contributed by atoms with E-state index in [-0.39, 0.29) is 22.8 Å². The van der Waals surface area contributed by atoms with Crippen LogP contribution in [0.25, 0.3) is 0 Å². The van der Waals surface area contributed by atoms with Gasteiger partial charge in [0.2, 0.25) is 0 Å². The van der Waals surface area contributed by atoms with E-state index in [9.17, 15) is 14.9 Å². The lowest BCUT2D eigenvalue weighted by atomic mass is 10.1. The third-order valence-electron chi connectivity index (χ3n) is 2.66. The molecule has 0 saturated carbocycles. The molecule has 110 valence electrons. The van der Waals surface area contributed by atoms with Gasteiger partial charge in [0.1, 0.15) is 5.69 Å². The van der Waals surface area contributed by atoms with Crippen LogP contribution in [0.1, 0.15) is 21.1 Å². The van der Waals surface area contributed by atoms with Crippen LogP contribution in [0.15, 0.2) is 17.5 Å². The number of halogens is 1. The zero-order valence-electron chi connectivity index (χ0n) is 10.9. The molecule has 0 aliphatic rings. The summed E-state index contributed by atoms with van der Waals surface area (Å²) in [4.78, 5) is 26.4. The molecule has 2 aromatic rings. The molecule has 21 heavy (non-hydrogen) atoms. The topological polar surface area (TPSA) is 111 Å². The van der Waals surface area contributed by atoms with Gasteiger partial charge in [-0.05, 0) is 13.0 Å². The van der Waals surface area contributed by atoms with Gasteiger partial charge in [-0.2, -0.15) is 0 Å². The number of anilines is 1. The Kier molecular flexibility index (Phi) is 4.39. The Morgan fingerprint density at radius 3 is 2.86 bits per heavy atom. The lowest BCUT2D eigenvalue weighted by Gasteiger charge is -2.06. The fourth-order valence-corrected chi connectivity index (χ4v) is 2.47. The molecule has 1 aromatic heterocycles. The van der Waals surface area contributed by atoms with Crippen LogP contribution in [0.2, 0.25) is 5.02 Å². The Bertz CT molecular complexity index is 717. The van der Waals surface area contributed by atoms with Gasteiger partial charge in [0.05, 0.1) is 27.2 Å². The molecule has 0 aliphatic carbocycles. The lowest BCUT2D eigenvalue weighted by Crippen LogP contribution is -2.23. The number of nitrogens with two attached hydrogens (primary N) is 1. The minimum atomic E-state index is -0.679. The molecule has 1 amide bonds. The number of nitrogens with zero attached hydrogens (tertiary/aromatic N) is 2. The number of hydrogen-bond donors (Lipinski definition) is 2. The molecule has 0 unspecified atom stereocenters. The minimum Gasteiger partial charge on any atom is -0.392 e. The van der Waals surface area contributed by atoms with E-state index in [1.54, 1.807) is 0 Å². The molecule has 0 aliphatic heterocycles. The largest absolute Gasteiger partial charge is 0.392 e. The van der Waals surface area contributed by atoms with Crippen molar-refractivity contribution in [2.24, 2.45) is 0 Å². The highest BCUT2D eigenvalue weighted by molar-refractivity contribution is 7.09. The molecule has 0 radical (unpaired) electrons. The number of carbonyl (C=O) groups is 1. The fourth-order valence-electron chi connectivity index (χ4n) is 1.65. The van der Waals surface area contributed by atoms with Gasteiger partial charge in [0.15, 0.2) is 0 Å². The summed E-state index contributed by atoms with van der Waals surface area (Å²) in [5.41, 5.74) is 5.76. The van der Waals surface area contributed by atoms with Gasteiger partial charge in [0.25, 0.3) is 11.6 Å². The van der Waals surface area contributed by atoms with Crippen LogP contribution in [0, 0.1) is 17.0 Å². The normalized spacial score (nSPS) is 10.4. The van der Waals surface area contributed by atoms with Gasteiger partial charge >= 0.3 is 0 Å². The maximum absolute atomic E-state index is 12.0. The first-order valence-electron chi connectivity index (χ1n) is 5.81. The second-order valence-electron chi connectivity index (χ2n) is 4.19. The van der Waals surface area contributed by atoms with E-state index in [2.05, 4.69) is 10.3 Å². The fraction of sp³-hybridized carbons (Fsp3) is 0.167. The van der Waals surface area contributed by atoms with Crippen LogP contribution in [-0.2, 0) is 6.54 Å². The predicted molar refractivity (Wildman–Crippen MR) is 80.5 cm³/mol. The first kappa shape index (κ1) is 15.2. The molecular formula is C12H11ClN4O3S. The maximum Gasteiger partial charge on any atom is 0.294 e. The summed E-state index contributed by atoms with van der Waals surface area (Å²) in [6.07, 6.45) is 0. The number of nitrogens with one attached hydrogen (secondary N) is 1. The first-order chi connectivity index (χ1) is 9.88. The highest BCUT2D eigenvalue weighted by atomic mass is 35.5. The van der Waals surface area contributed by atoms with Crippen molar-refractivity contribution in [1.29, 1.82) is 0 Å². The molecule has 7 nitrogen and oxygen atoms in total. The average molecular weight is 327 g/mol. The molecular weight excluding hydrogens is 316 g/mol. The maximum atomic E-state index is 12.0. The molecule has 2 rings (SSSR count). The van der Waals surface area contributed by atoms with E-state index in [0.29, 0.717) is 0 Å². The van der Waals surface area contributed by atoms with Crippen molar-refractivity contribution in [3.8, 4) is 0 Å². The van der Waals surface area contributed by atoms with Crippen LogP contribution in [0.3, 0.4) is 0 Å². The zero-order valence-corrected chi connectivity index (χ0v) is 12.5. The van der Waals surface area contributed by atoms with E-state index in [0.717, 1.165) is 16.8 Å². The minimum absolute atomic E-state index is 0.0288. The zero-order chi connectivity index (χ0) is 15.6. The van der Waals surface area contributed by atoms with Crippen LogP contribution in [0.4, 0.5) is 11.4 Å². The highest BCUT2D eigenvalue weighted by Crippen LogP contribution is 2.30. The van der Waals surface area contributed by atoms with Gasteiger partial charge in [-0.1, -0.05) is 11.6 Å². The van der Waals surface area contributed by atoms with Gasteiger partial charge in [0, 0.05) is 17.0 Å². The van der Waals surface area contributed by atoms with Crippen molar-refractivity contribution in [3.05, 3.63) is 48.9 Å². The summed E-state index contributed by atoms with van der Waals surface area (Å²) in [5.74, 6) is -0.481. The number of hydrogen-bond acceptors (Lipinski definition) is 6. The van der Waals surface area contributed by atoms with Crippen LogP contribution in [0.5, 0.6) is 0 Å². The van der Waals surface area contributed by atoms with Gasteiger partial charge in [-0.3, -0.25) is 14.9 Å². The number of nitro groups is 1. The Balaban J connectivity index is 2.17. The van der Waals surface area contributed by atoms with Crippen molar-refractivity contribution in [3.63, 3.8) is 0 Å². The van der Waals surface area contributed by atoms with Crippen molar-refractivity contribution in [2.45, 2.75) is 13.5 Å². The number of nitrogen functional groups attached to an aromatic ring is 1. The van der Waals surface area contributed by atoms with Gasteiger partial charge in [-0.15, -0.1) is 11.3 Å². The number of aromatic nitrogens is 1. The Hall–Kier alpha value is -2.19. The molecule has 0 spiro atoms. The average Bonchev–Trinajstić information content (AvgIpc) is 2.84. The second-order valence-corrected chi connectivity index (χ2v) is 5.66. The summed E-state index contributed by atoms with van der Waals surface area (Å²) in [5, 5.41) is 16.2. The van der Waals surface area contributed by atoms with Gasteiger partial charge in [-0.25, -0.2) is 4.98 Å². The Morgan fingerprint density at radius 2 is 2.29 bits per heavy atom. The monoisotopic (exact) mass is 326 g/mol. The summed E-state index contributed by atoms with van der Waals surface area (Å²) < 4.78 is 0. The van der Waals surface area contributed by atoms with E-state index in [4.69, 9.17) is 17.3 Å². The molecule has 1 heterocycles. The molecule has 9 heteroatoms. The molecule has 0 fully saturated rings. The Morgan fingerprint density at radius 1 is 1.57 bits per heavy atom. The quantitative estimate of drug-likeness (QED) is 0.509. The summed E-state index contributed by atoms with van der Waals surface area (Å²) in [6, 6.07) is 2.40. The molecule has 3 N–H and O–H groups in total. The van der Waals surface area contributed by atoms with Crippen molar-refractivity contribution < 1.29 is 9.72 Å². The third-order valence-corrected chi connectivity index (χ3v) is 3.80. The standard InChI is InChI=1S/C12H11ClN4O3S/c1-6-16-8(5-21-6)4-15-12(18)7-2-9(13)11(14)10(3-7)17(19)20/h2-3,5H,4,14H2,1H3,(H,15,18). The number of benzene rings is 1. The second kappa shape index (κ2) is 6.06. The Labute approximate surface area is 128 Å². The van der Waals surface area contributed by atoms with Crippen LogP contribution >= 0.6 is 22.9 Å². The number of aryl methyl sites for hydroxylation is 1. The molecule has 0 bridgehead atoms. The predicted octanol–water partition coefficient (Wildman–Crippen LogP) is 2.53. The number of nitro benzene ring substituents is 1. The van der Waals surface area contributed by atoms with E-state index < -0.39 is 16.5 Å². The van der Waals surface area contributed by atoms with E-state index >= 15 is 0 Å². The number of carbonyl (C=O) groups excluding carboxylic acids is 1. The molecule has 1 aromatic carbocycles. The van der Waals surface area contributed by atoms with Gasteiger partial charge < -0.3 is 11.1 Å². The lowest BCUT2D eigenvalue weighted by molar-refractivity contribution is -0.383. The van der Waals surface area contributed by atoms with Crippen molar-refractivity contribution >= 4 is 40.2 Å². The van der Waals surface area contributed by atoms with Crippen molar-refractivity contribution in [2.75, 3.05) is 5.73 Å². The summed E-state index contributed by atoms with van der Waals surface area (Å²) in [6.45, 7) is 2.10. The number of thiazole rings is 1. The van der Waals surface area contributed by atoms with E-state index in [1.165, 1.54) is 17.4 Å². The highest BCUT2D eigenvalue weighted by Gasteiger charge is 2.19. The SMILES string of the molecule is Cc1nc(CNC(=O)c2cc(Cl)c(N)c([N+](=O)[O-])c2)cs1. The molecule has 0 atom stereocenters. The summed E-state index contributed by atoms with van der Waals surface area (Å²) >= 11 is 7.28. The summed E-state index contributed by atoms with van der Waals surface area (Å²) in [7, 11) is 0. The van der Waals surface area contributed by atoms with Crippen LogP contribution < -0.4 is 11.1 Å². The molecule has 0 saturated heterocycles. The smallest absolute Gasteiger partial charge is 0.294 e. The van der Waals surface area contributed by atoms with Crippen molar-refractivity contribution in [1.82, 2.24) is 10.3 Å². The number of rotatable bonds is 4. The number of amides is 1. The van der Waals surface area contributed by atoms with Crippen LogP contribution in [-0.4, -0.2) is 15.8 Å². The third kappa shape index (κ3) is 3.47. The van der Waals surface area contributed by atoms with E-state index in [1.807, 2.05) is 12.3 Å².